The van der Waals surface area contributed by atoms with E-state index >= 15 is 0 Å². The summed E-state index contributed by atoms with van der Waals surface area (Å²) in [6.45, 7) is 6.11. The Morgan fingerprint density at radius 1 is 1.40 bits per heavy atom. The molecule has 0 aliphatic carbocycles. The average molecular weight is 225 g/mol. The molecule has 1 aromatic rings. The third-order valence-corrected chi connectivity index (χ3v) is 3.92. The van der Waals surface area contributed by atoms with Crippen LogP contribution >= 0.6 is 0 Å². The van der Waals surface area contributed by atoms with Gasteiger partial charge >= 0.3 is 0 Å². The lowest BCUT2D eigenvalue weighted by molar-refractivity contribution is 0.530. The molecule has 3 heteroatoms. The Balaban J connectivity index is 2.69. The highest BCUT2D eigenvalue weighted by molar-refractivity contribution is 7.85. The lowest BCUT2D eigenvalue weighted by Crippen LogP contribution is -2.32. The molecule has 15 heavy (non-hydrogen) atoms. The standard InChI is InChI=1S/C12H19NOS/c1-9(2)12(13)8-15(14)11-6-4-5-10(3)7-11/h4-7,9,12H,8,13H2,1-3H3. The van der Waals surface area contributed by atoms with Crippen LogP contribution in [-0.2, 0) is 10.8 Å². The molecule has 0 aliphatic rings. The second kappa shape index (κ2) is 5.42. The fourth-order valence-corrected chi connectivity index (χ4v) is 2.70. The summed E-state index contributed by atoms with van der Waals surface area (Å²) in [7, 11) is -0.969. The zero-order chi connectivity index (χ0) is 11.4. The van der Waals surface area contributed by atoms with Crippen LogP contribution in [0.5, 0.6) is 0 Å². The van der Waals surface area contributed by atoms with Crippen LogP contribution in [-0.4, -0.2) is 16.0 Å². The van der Waals surface area contributed by atoms with Crippen molar-refractivity contribution in [2.75, 3.05) is 5.75 Å². The van der Waals surface area contributed by atoms with E-state index in [9.17, 15) is 4.21 Å². The number of hydrogen-bond donors (Lipinski definition) is 1. The highest BCUT2D eigenvalue weighted by Gasteiger charge is 2.13. The van der Waals surface area contributed by atoms with Gasteiger partial charge in [-0.3, -0.25) is 4.21 Å². The molecule has 0 saturated carbocycles. The highest BCUT2D eigenvalue weighted by Crippen LogP contribution is 2.11. The molecule has 0 heterocycles. The number of rotatable bonds is 4. The molecule has 2 atom stereocenters. The van der Waals surface area contributed by atoms with Gasteiger partial charge in [0.05, 0.1) is 10.8 Å². The van der Waals surface area contributed by atoms with Crippen molar-refractivity contribution in [1.82, 2.24) is 0 Å². The van der Waals surface area contributed by atoms with Gasteiger partial charge in [-0.15, -0.1) is 0 Å². The molecule has 1 rings (SSSR count). The van der Waals surface area contributed by atoms with Crippen LogP contribution in [0, 0.1) is 12.8 Å². The van der Waals surface area contributed by atoms with Crippen molar-refractivity contribution >= 4 is 10.8 Å². The third kappa shape index (κ3) is 3.76. The Labute approximate surface area is 94.3 Å². The van der Waals surface area contributed by atoms with Crippen LogP contribution in [0.3, 0.4) is 0 Å². The van der Waals surface area contributed by atoms with Crippen molar-refractivity contribution in [3.8, 4) is 0 Å². The molecule has 2 unspecified atom stereocenters. The van der Waals surface area contributed by atoms with Gasteiger partial charge in [-0.25, -0.2) is 0 Å². The zero-order valence-electron chi connectivity index (χ0n) is 9.57. The van der Waals surface area contributed by atoms with E-state index in [1.807, 2.05) is 31.2 Å². The highest BCUT2D eigenvalue weighted by atomic mass is 32.2. The first-order valence-electron chi connectivity index (χ1n) is 5.21. The van der Waals surface area contributed by atoms with Gasteiger partial charge in [0.25, 0.3) is 0 Å². The van der Waals surface area contributed by atoms with E-state index in [0.717, 1.165) is 10.5 Å². The summed E-state index contributed by atoms with van der Waals surface area (Å²) in [5.74, 6) is 0.917. The summed E-state index contributed by atoms with van der Waals surface area (Å²) >= 11 is 0. The predicted octanol–water partition coefficient (Wildman–Crippen LogP) is 2.09. The Bertz CT molecular complexity index is 349. The second-order valence-corrected chi connectivity index (χ2v) is 5.73. The SMILES string of the molecule is Cc1cccc(S(=O)CC(N)C(C)C)c1. The van der Waals surface area contributed by atoms with Gasteiger partial charge in [-0.05, 0) is 30.5 Å². The van der Waals surface area contributed by atoms with Crippen molar-refractivity contribution in [1.29, 1.82) is 0 Å². The molecule has 0 fully saturated rings. The number of benzene rings is 1. The minimum Gasteiger partial charge on any atom is -0.327 e. The predicted molar refractivity (Wildman–Crippen MR) is 65.3 cm³/mol. The topological polar surface area (TPSA) is 43.1 Å². The maximum atomic E-state index is 11.9. The molecular formula is C12H19NOS. The fourth-order valence-electron chi connectivity index (χ4n) is 1.22. The molecule has 2 N–H and O–H groups in total. The minimum atomic E-state index is -0.969. The third-order valence-electron chi connectivity index (χ3n) is 2.45. The zero-order valence-corrected chi connectivity index (χ0v) is 10.4. The van der Waals surface area contributed by atoms with Crippen molar-refractivity contribution in [3.05, 3.63) is 29.8 Å². The van der Waals surface area contributed by atoms with Gasteiger partial charge in [-0.1, -0.05) is 26.0 Å². The molecule has 0 aromatic heterocycles. The average Bonchev–Trinajstić information content (AvgIpc) is 2.17. The Hall–Kier alpha value is -0.670. The summed E-state index contributed by atoms with van der Waals surface area (Å²) in [5.41, 5.74) is 7.04. The van der Waals surface area contributed by atoms with E-state index in [-0.39, 0.29) is 6.04 Å². The summed E-state index contributed by atoms with van der Waals surface area (Å²) in [5, 5.41) is 0. The van der Waals surface area contributed by atoms with E-state index in [2.05, 4.69) is 13.8 Å². The summed E-state index contributed by atoms with van der Waals surface area (Å²) in [6.07, 6.45) is 0. The lowest BCUT2D eigenvalue weighted by atomic mass is 10.1. The van der Waals surface area contributed by atoms with Crippen LogP contribution in [0.4, 0.5) is 0 Å². The van der Waals surface area contributed by atoms with Gasteiger partial charge in [0.1, 0.15) is 0 Å². The number of aryl methyl sites for hydroxylation is 1. The van der Waals surface area contributed by atoms with E-state index in [4.69, 9.17) is 5.73 Å². The summed E-state index contributed by atoms with van der Waals surface area (Å²) in [4.78, 5) is 0.881. The maximum absolute atomic E-state index is 11.9. The molecule has 0 saturated heterocycles. The van der Waals surface area contributed by atoms with Crippen LogP contribution in [0.1, 0.15) is 19.4 Å². The van der Waals surface area contributed by atoms with Crippen LogP contribution < -0.4 is 5.73 Å². The summed E-state index contributed by atoms with van der Waals surface area (Å²) in [6, 6.07) is 7.80. The van der Waals surface area contributed by atoms with Crippen molar-refractivity contribution in [3.63, 3.8) is 0 Å². The van der Waals surface area contributed by atoms with Gasteiger partial charge in [-0.2, -0.15) is 0 Å². The fraction of sp³-hybridized carbons (Fsp3) is 0.500. The molecule has 0 spiro atoms. The monoisotopic (exact) mass is 225 g/mol. The Kier molecular flexibility index (Phi) is 4.48. The van der Waals surface area contributed by atoms with Gasteiger partial charge in [0.15, 0.2) is 0 Å². The first-order valence-corrected chi connectivity index (χ1v) is 6.53. The number of nitrogens with two attached hydrogens (primary N) is 1. The van der Waals surface area contributed by atoms with E-state index < -0.39 is 10.8 Å². The van der Waals surface area contributed by atoms with Gasteiger partial charge in [0.2, 0.25) is 0 Å². The maximum Gasteiger partial charge on any atom is 0.0545 e. The van der Waals surface area contributed by atoms with E-state index in [1.165, 1.54) is 0 Å². The first-order chi connectivity index (χ1) is 7.00. The lowest BCUT2D eigenvalue weighted by Gasteiger charge is -2.14. The smallest absolute Gasteiger partial charge is 0.0545 e. The first kappa shape index (κ1) is 12.4. The molecule has 0 amide bonds. The molecular weight excluding hydrogens is 206 g/mol. The van der Waals surface area contributed by atoms with Gasteiger partial charge in [0, 0.05) is 16.7 Å². The molecule has 84 valence electrons. The van der Waals surface area contributed by atoms with Crippen molar-refractivity contribution < 1.29 is 4.21 Å². The normalized spacial score (nSPS) is 15.3. The Morgan fingerprint density at radius 2 is 2.07 bits per heavy atom. The molecule has 1 aromatic carbocycles. The molecule has 0 aliphatic heterocycles. The van der Waals surface area contributed by atoms with Crippen LogP contribution in [0.15, 0.2) is 29.2 Å². The van der Waals surface area contributed by atoms with E-state index in [1.54, 1.807) is 0 Å². The Morgan fingerprint density at radius 3 is 2.60 bits per heavy atom. The van der Waals surface area contributed by atoms with Crippen LogP contribution in [0.2, 0.25) is 0 Å². The van der Waals surface area contributed by atoms with Crippen molar-refractivity contribution in [2.24, 2.45) is 11.7 Å². The number of hydrogen-bond acceptors (Lipinski definition) is 2. The molecule has 0 radical (unpaired) electrons. The van der Waals surface area contributed by atoms with Crippen molar-refractivity contribution in [2.45, 2.75) is 31.7 Å². The molecule has 2 nitrogen and oxygen atoms in total. The van der Waals surface area contributed by atoms with Crippen LogP contribution in [0.25, 0.3) is 0 Å². The largest absolute Gasteiger partial charge is 0.327 e. The van der Waals surface area contributed by atoms with Gasteiger partial charge < -0.3 is 5.73 Å². The second-order valence-electron chi connectivity index (χ2n) is 4.24. The quantitative estimate of drug-likeness (QED) is 0.852. The molecule has 0 bridgehead atoms. The minimum absolute atomic E-state index is 0.00588. The van der Waals surface area contributed by atoms with E-state index in [0.29, 0.717) is 11.7 Å². The summed E-state index contributed by atoms with van der Waals surface area (Å²) < 4.78 is 11.9.